The predicted octanol–water partition coefficient (Wildman–Crippen LogP) is 1.39. The van der Waals surface area contributed by atoms with Crippen LogP contribution in [0.2, 0.25) is 0 Å². The van der Waals surface area contributed by atoms with Gasteiger partial charge in [0.15, 0.2) is 0 Å². The number of piperidine rings is 1. The fourth-order valence-corrected chi connectivity index (χ4v) is 3.41. The molecule has 1 saturated heterocycles. The van der Waals surface area contributed by atoms with Crippen LogP contribution in [-0.2, 0) is 4.79 Å². The Bertz CT molecular complexity index is 277. The monoisotopic (exact) mass is 268 g/mol. The van der Waals surface area contributed by atoms with Gasteiger partial charge in [-0.15, -0.1) is 0 Å². The summed E-state index contributed by atoms with van der Waals surface area (Å²) in [4.78, 5) is 14.2. The molecule has 4 nitrogen and oxygen atoms in total. The first kappa shape index (κ1) is 14.8. The highest BCUT2D eigenvalue weighted by atomic mass is 16.3. The third-order valence-electron chi connectivity index (χ3n) is 4.56. The lowest BCUT2D eigenvalue weighted by Crippen LogP contribution is -2.41. The van der Waals surface area contributed by atoms with Crippen LogP contribution in [0.25, 0.3) is 0 Å². The molecule has 1 aliphatic heterocycles. The molecule has 0 aromatic carbocycles. The second-order valence-corrected chi connectivity index (χ2v) is 6.20. The largest absolute Gasteiger partial charge is 0.396 e. The highest BCUT2D eigenvalue weighted by Gasteiger charge is 2.20. The number of rotatable bonds is 6. The van der Waals surface area contributed by atoms with E-state index in [0.29, 0.717) is 18.4 Å². The lowest BCUT2D eigenvalue weighted by Gasteiger charge is -2.31. The zero-order valence-corrected chi connectivity index (χ0v) is 11.9. The van der Waals surface area contributed by atoms with E-state index in [-0.39, 0.29) is 5.91 Å². The minimum absolute atomic E-state index is 0.225. The molecule has 2 aliphatic rings. The maximum atomic E-state index is 11.8. The molecule has 1 saturated carbocycles. The maximum absolute atomic E-state index is 11.8. The van der Waals surface area contributed by atoms with Crippen LogP contribution in [0.1, 0.15) is 44.9 Å². The van der Waals surface area contributed by atoms with Crippen molar-refractivity contribution >= 4 is 5.91 Å². The third-order valence-corrected chi connectivity index (χ3v) is 4.56. The highest BCUT2D eigenvalue weighted by molar-refractivity contribution is 5.76. The second kappa shape index (κ2) is 7.85. The van der Waals surface area contributed by atoms with Gasteiger partial charge in [0.25, 0.3) is 0 Å². The van der Waals surface area contributed by atoms with Gasteiger partial charge in [0.05, 0.1) is 0 Å². The van der Waals surface area contributed by atoms with Crippen LogP contribution in [0.4, 0.5) is 0 Å². The van der Waals surface area contributed by atoms with Crippen molar-refractivity contribution in [3.63, 3.8) is 0 Å². The van der Waals surface area contributed by atoms with Crippen LogP contribution in [0.5, 0.6) is 0 Å². The van der Waals surface area contributed by atoms with E-state index in [2.05, 4.69) is 10.2 Å². The Morgan fingerprint density at radius 3 is 2.63 bits per heavy atom. The average Bonchev–Trinajstić information content (AvgIpc) is 2.92. The average molecular weight is 268 g/mol. The molecule has 1 unspecified atom stereocenters. The van der Waals surface area contributed by atoms with Crippen LogP contribution in [0.3, 0.4) is 0 Å². The van der Waals surface area contributed by atoms with Crippen molar-refractivity contribution in [3.05, 3.63) is 0 Å². The summed E-state index contributed by atoms with van der Waals surface area (Å²) in [7, 11) is 0. The zero-order chi connectivity index (χ0) is 13.5. The predicted molar refractivity (Wildman–Crippen MR) is 75.8 cm³/mol. The van der Waals surface area contributed by atoms with E-state index < -0.39 is 0 Å². The quantitative estimate of drug-likeness (QED) is 0.765. The molecule has 0 aromatic heterocycles. The highest BCUT2D eigenvalue weighted by Crippen LogP contribution is 2.27. The van der Waals surface area contributed by atoms with Crippen molar-refractivity contribution in [2.75, 3.05) is 32.8 Å². The number of aliphatic hydroxyl groups is 1. The van der Waals surface area contributed by atoms with Crippen LogP contribution < -0.4 is 5.32 Å². The Balaban J connectivity index is 1.56. The summed E-state index contributed by atoms with van der Waals surface area (Å²) in [5.74, 6) is 1.29. The van der Waals surface area contributed by atoms with Gasteiger partial charge in [0.1, 0.15) is 0 Å². The maximum Gasteiger partial charge on any atom is 0.220 e. The number of aliphatic hydroxyl groups excluding tert-OH is 1. The van der Waals surface area contributed by atoms with Gasteiger partial charge in [-0.25, -0.2) is 0 Å². The van der Waals surface area contributed by atoms with Crippen molar-refractivity contribution in [1.82, 2.24) is 10.2 Å². The zero-order valence-electron chi connectivity index (χ0n) is 11.9. The van der Waals surface area contributed by atoms with E-state index in [1.54, 1.807) is 0 Å². The molecule has 0 radical (unpaired) electrons. The minimum Gasteiger partial charge on any atom is -0.396 e. The summed E-state index contributed by atoms with van der Waals surface area (Å²) < 4.78 is 0. The lowest BCUT2D eigenvalue weighted by molar-refractivity contribution is -0.122. The van der Waals surface area contributed by atoms with Gasteiger partial charge in [-0.3, -0.25) is 4.79 Å². The minimum atomic E-state index is 0.225. The van der Waals surface area contributed by atoms with Crippen molar-refractivity contribution in [2.24, 2.45) is 11.8 Å². The summed E-state index contributed by atoms with van der Waals surface area (Å²) in [6.45, 7) is 4.06. The Kier molecular flexibility index (Phi) is 6.11. The molecule has 1 aliphatic carbocycles. The number of carbonyl (C=O) groups excluding carboxylic acids is 1. The van der Waals surface area contributed by atoms with E-state index in [0.717, 1.165) is 39.0 Å². The molecule has 2 fully saturated rings. The molecule has 1 atom stereocenters. The number of amides is 1. The molecule has 2 N–H and O–H groups in total. The number of carbonyl (C=O) groups is 1. The molecule has 19 heavy (non-hydrogen) atoms. The summed E-state index contributed by atoms with van der Waals surface area (Å²) >= 11 is 0. The first-order valence-electron chi connectivity index (χ1n) is 7.88. The van der Waals surface area contributed by atoms with Crippen molar-refractivity contribution in [3.8, 4) is 0 Å². The summed E-state index contributed by atoms with van der Waals surface area (Å²) in [6.07, 6.45) is 8.10. The van der Waals surface area contributed by atoms with E-state index in [1.807, 2.05) is 0 Å². The lowest BCUT2D eigenvalue weighted by atomic mass is 9.99. The van der Waals surface area contributed by atoms with Crippen LogP contribution >= 0.6 is 0 Å². The Morgan fingerprint density at radius 1 is 1.16 bits per heavy atom. The van der Waals surface area contributed by atoms with Gasteiger partial charge in [0, 0.05) is 32.7 Å². The van der Waals surface area contributed by atoms with Gasteiger partial charge in [0.2, 0.25) is 5.91 Å². The molecule has 110 valence electrons. The van der Waals surface area contributed by atoms with Crippen LogP contribution in [-0.4, -0.2) is 48.7 Å². The van der Waals surface area contributed by atoms with Gasteiger partial charge in [-0.1, -0.05) is 12.8 Å². The first-order valence-corrected chi connectivity index (χ1v) is 7.88. The molecule has 0 spiro atoms. The summed E-state index contributed by atoms with van der Waals surface area (Å²) in [5, 5.41) is 12.2. The molecule has 1 heterocycles. The molecular formula is C15H28N2O2. The molecule has 2 rings (SSSR count). The van der Waals surface area contributed by atoms with Gasteiger partial charge < -0.3 is 15.3 Å². The standard InChI is InChI=1S/C15H28N2O2/c18-12-14-6-3-8-17(11-14)9-7-16-15(19)10-13-4-1-2-5-13/h13-14,18H,1-12H2,(H,16,19). The number of likely N-dealkylation sites (tertiary alicyclic amines) is 1. The summed E-state index contributed by atoms with van der Waals surface area (Å²) in [5.41, 5.74) is 0. The van der Waals surface area contributed by atoms with E-state index in [9.17, 15) is 9.90 Å². The van der Waals surface area contributed by atoms with Crippen LogP contribution in [0, 0.1) is 11.8 Å². The first-order chi connectivity index (χ1) is 9.28. The smallest absolute Gasteiger partial charge is 0.220 e. The number of nitrogens with zero attached hydrogens (tertiary/aromatic N) is 1. The van der Waals surface area contributed by atoms with Gasteiger partial charge in [-0.2, -0.15) is 0 Å². The molecule has 4 heteroatoms. The number of hydrogen-bond acceptors (Lipinski definition) is 3. The fourth-order valence-electron chi connectivity index (χ4n) is 3.41. The third kappa shape index (κ3) is 5.11. The summed E-state index contributed by atoms with van der Waals surface area (Å²) in [6, 6.07) is 0. The Labute approximate surface area is 116 Å². The van der Waals surface area contributed by atoms with Crippen molar-refractivity contribution < 1.29 is 9.90 Å². The van der Waals surface area contributed by atoms with Crippen LogP contribution in [0.15, 0.2) is 0 Å². The van der Waals surface area contributed by atoms with Gasteiger partial charge in [-0.05, 0) is 44.1 Å². The van der Waals surface area contributed by atoms with Gasteiger partial charge >= 0.3 is 0 Å². The van der Waals surface area contributed by atoms with E-state index in [1.165, 1.54) is 32.1 Å². The van der Waals surface area contributed by atoms with Crippen molar-refractivity contribution in [1.29, 1.82) is 0 Å². The second-order valence-electron chi connectivity index (χ2n) is 6.20. The Morgan fingerprint density at radius 2 is 1.89 bits per heavy atom. The molecule has 1 amide bonds. The SMILES string of the molecule is O=C(CC1CCCC1)NCCN1CCCC(CO)C1. The molecular weight excluding hydrogens is 240 g/mol. The van der Waals surface area contributed by atoms with E-state index >= 15 is 0 Å². The number of nitrogens with one attached hydrogen (secondary N) is 1. The number of hydrogen-bond donors (Lipinski definition) is 2. The fraction of sp³-hybridized carbons (Fsp3) is 0.933. The molecule has 0 bridgehead atoms. The van der Waals surface area contributed by atoms with E-state index in [4.69, 9.17) is 0 Å². The Hall–Kier alpha value is -0.610. The molecule has 0 aromatic rings. The topological polar surface area (TPSA) is 52.6 Å². The van der Waals surface area contributed by atoms with Crippen molar-refractivity contribution in [2.45, 2.75) is 44.9 Å². The normalized spacial score (nSPS) is 25.6.